The molecule has 2 aromatic carbocycles. The monoisotopic (exact) mass is 303 g/mol. The van der Waals surface area contributed by atoms with E-state index in [4.69, 9.17) is 4.74 Å². The fourth-order valence-corrected chi connectivity index (χ4v) is 2.57. The van der Waals surface area contributed by atoms with Crippen LogP contribution in [0.3, 0.4) is 0 Å². The summed E-state index contributed by atoms with van der Waals surface area (Å²) in [6, 6.07) is 17.1. The summed E-state index contributed by atoms with van der Waals surface area (Å²) < 4.78 is 4.74. The molecule has 0 saturated carbocycles. The summed E-state index contributed by atoms with van der Waals surface area (Å²) in [7, 11) is 1.36. The SMILES string of the molecule is COC(=O)c1ccc2nc(-c3ccc4ccccc4n3)[nH]c2c1. The summed E-state index contributed by atoms with van der Waals surface area (Å²) in [6.07, 6.45) is 0. The number of aromatic amines is 1. The van der Waals surface area contributed by atoms with E-state index in [1.807, 2.05) is 36.4 Å². The van der Waals surface area contributed by atoms with Crippen LogP contribution < -0.4 is 0 Å². The van der Waals surface area contributed by atoms with E-state index in [1.165, 1.54) is 7.11 Å². The number of nitrogens with one attached hydrogen (secondary N) is 1. The van der Waals surface area contributed by atoms with Gasteiger partial charge in [-0.15, -0.1) is 0 Å². The first kappa shape index (κ1) is 13.5. The van der Waals surface area contributed by atoms with Crippen molar-refractivity contribution in [2.75, 3.05) is 7.11 Å². The third-order valence-corrected chi connectivity index (χ3v) is 3.74. The van der Waals surface area contributed by atoms with Crippen LogP contribution in [0, 0.1) is 0 Å². The number of methoxy groups -OCH3 is 1. The minimum absolute atomic E-state index is 0.369. The molecule has 0 bridgehead atoms. The maximum absolute atomic E-state index is 11.6. The largest absolute Gasteiger partial charge is 0.465 e. The molecular formula is C18H13N3O2. The second kappa shape index (κ2) is 5.21. The smallest absolute Gasteiger partial charge is 0.337 e. The summed E-state index contributed by atoms with van der Waals surface area (Å²) >= 11 is 0. The van der Waals surface area contributed by atoms with Crippen molar-refractivity contribution in [3.63, 3.8) is 0 Å². The van der Waals surface area contributed by atoms with E-state index in [0.717, 1.165) is 27.6 Å². The van der Waals surface area contributed by atoms with Crippen LogP contribution in [0.25, 0.3) is 33.5 Å². The number of para-hydroxylation sites is 1. The summed E-state index contributed by atoms with van der Waals surface area (Å²) in [6.45, 7) is 0. The zero-order chi connectivity index (χ0) is 15.8. The Labute approximate surface area is 132 Å². The second-order valence-electron chi connectivity index (χ2n) is 5.20. The van der Waals surface area contributed by atoms with Gasteiger partial charge in [0.05, 0.1) is 29.2 Å². The molecule has 23 heavy (non-hydrogen) atoms. The fourth-order valence-electron chi connectivity index (χ4n) is 2.57. The molecule has 0 unspecified atom stereocenters. The molecule has 0 amide bonds. The maximum Gasteiger partial charge on any atom is 0.337 e. The van der Waals surface area contributed by atoms with Crippen molar-refractivity contribution in [2.45, 2.75) is 0 Å². The molecule has 4 aromatic rings. The lowest BCUT2D eigenvalue weighted by molar-refractivity contribution is 0.0601. The summed E-state index contributed by atoms with van der Waals surface area (Å²) in [4.78, 5) is 24.0. The van der Waals surface area contributed by atoms with Crippen molar-refractivity contribution in [1.82, 2.24) is 15.0 Å². The Kier molecular flexibility index (Phi) is 3.05. The zero-order valence-electron chi connectivity index (χ0n) is 12.4. The Morgan fingerprint density at radius 2 is 1.87 bits per heavy atom. The van der Waals surface area contributed by atoms with Gasteiger partial charge in [0.2, 0.25) is 0 Å². The van der Waals surface area contributed by atoms with Crippen molar-refractivity contribution in [3.05, 3.63) is 60.2 Å². The molecule has 5 nitrogen and oxygen atoms in total. The predicted octanol–water partition coefficient (Wildman–Crippen LogP) is 3.56. The topological polar surface area (TPSA) is 67.9 Å². The third kappa shape index (κ3) is 2.32. The Hall–Kier alpha value is -3.21. The van der Waals surface area contributed by atoms with Crippen LogP contribution in [0.1, 0.15) is 10.4 Å². The van der Waals surface area contributed by atoms with Crippen LogP contribution in [0.15, 0.2) is 54.6 Å². The number of nitrogens with zero attached hydrogens (tertiary/aromatic N) is 2. The number of esters is 1. The van der Waals surface area contributed by atoms with E-state index >= 15 is 0 Å². The van der Waals surface area contributed by atoms with E-state index < -0.39 is 0 Å². The van der Waals surface area contributed by atoms with E-state index in [1.54, 1.807) is 18.2 Å². The third-order valence-electron chi connectivity index (χ3n) is 3.74. The van der Waals surface area contributed by atoms with Crippen molar-refractivity contribution in [2.24, 2.45) is 0 Å². The van der Waals surface area contributed by atoms with E-state index in [2.05, 4.69) is 15.0 Å². The summed E-state index contributed by atoms with van der Waals surface area (Å²) in [5.74, 6) is 0.305. The van der Waals surface area contributed by atoms with E-state index in [9.17, 15) is 4.79 Å². The number of rotatable bonds is 2. The minimum Gasteiger partial charge on any atom is -0.465 e. The van der Waals surface area contributed by atoms with Gasteiger partial charge in [0.25, 0.3) is 0 Å². The predicted molar refractivity (Wildman–Crippen MR) is 88.2 cm³/mol. The molecule has 0 fully saturated rings. The quantitative estimate of drug-likeness (QED) is 0.575. The van der Waals surface area contributed by atoms with Gasteiger partial charge in [-0.25, -0.2) is 14.8 Å². The van der Waals surface area contributed by atoms with Crippen LogP contribution in [-0.2, 0) is 4.74 Å². The van der Waals surface area contributed by atoms with Gasteiger partial charge in [0.15, 0.2) is 5.82 Å². The molecule has 0 aliphatic rings. The number of imidazole rings is 1. The molecule has 2 aromatic heterocycles. The second-order valence-corrected chi connectivity index (χ2v) is 5.20. The van der Waals surface area contributed by atoms with Gasteiger partial charge < -0.3 is 9.72 Å². The number of H-pyrrole nitrogens is 1. The average molecular weight is 303 g/mol. The van der Waals surface area contributed by atoms with Gasteiger partial charge in [-0.1, -0.05) is 24.3 Å². The first-order valence-corrected chi connectivity index (χ1v) is 7.19. The maximum atomic E-state index is 11.6. The van der Waals surface area contributed by atoms with Gasteiger partial charge in [-0.05, 0) is 30.3 Å². The fraction of sp³-hybridized carbons (Fsp3) is 0.0556. The molecule has 0 aliphatic heterocycles. The van der Waals surface area contributed by atoms with Crippen molar-refractivity contribution < 1.29 is 9.53 Å². The van der Waals surface area contributed by atoms with Crippen LogP contribution in [-0.4, -0.2) is 28.0 Å². The molecule has 0 atom stereocenters. The van der Waals surface area contributed by atoms with Gasteiger partial charge >= 0.3 is 5.97 Å². The highest BCUT2D eigenvalue weighted by molar-refractivity contribution is 5.94. The van der Waals surface area contributed by atoms with Crippen LogP contribution >= 0.6 is 0 Å². The van der Waals surface area contributed by atoms with E-state index in [0.29, 0.717) is 11.4 Å². The number of hydrogen-bond donors (Lipinski definition) is 1. The number of hydrogen-bond acceptors (Lipinski definition) is 4. The normalized spacial score (nSPS) is 11.0. The van der Waals surface area contributed by atoms with Crippen molar-refractivity contribution >= 4 is 27.9 Å². The summed E-state index contributed by atoms with van der Waals surface area (Å²) in [5.41, 5.74) is 3.72. The Morgan fingerprint density at radius 3 is 2.74 bits per heavy atom. The van der Waals surface area contributed by atoms with Crippen molar-refractivity contribution in [3.8, 4) is 11.5 Å². The lowest BCUT2D eigenvalue weighted by Gasteiger charge is -1.99. The van der Waals surface area contributed by atoms with Crippen LogP contribution in [0.4, 0.5) is 0 Å². The molecule has 2 heterocycles. The highest BCUT2D eigenvalue weighted by Crippen LogP contribution is 2.22. The Balaban J connectivity index is 1.82. The number of aromatic nitrogens is 3. The molecule has 0 radical (unpaired) electrons. The zero-order valence-corrected chi connectivity index (χ0v) is 12.4. The number of fused-ring (bicyclic) bond motifs is 2. The molecule has 1 N–H and O–H groups in total. The number of carbonyl (C=O) groups is 1. The molecule has 4 rings (SSSR count). The number of carbonyl (C=O) groups excluding carboxylic acids is 1. The molecule has 0 aliphatic carbocycles. The Bertz CT molecular complexity index is 1040. The average Bonchev–Trinajstić information content (AvgIpc) is 3.03. The van der Waals surface area contributed by atoms with Gasteiger partial charge in [-0.2, -0.15) is 0 Å². The van der Waals surface area contributed by atoms with Crippen LogP contribution in [0.2, 0.25) is 0 Å². The molecule has 112 valence electrons. The molecule has 0 saturated heterocycles. The lowest BCUT2D eigenvalue weighted by Crippen LogP contribution is -2.00. The highest BCUT2D eigenvalue weighted by Gasteiger charge is 2.11. The number of pyridine rings is 1. The van der Waals surface area contributed by atoms with Gasteiger partial charge in [0, 0.05) is 5.39 Å². The standard InChI is InChI=1S/C18H13N3O2/c1-23-18(22)12-7-8-14-16(10-12)21-17(20-14)15-9-6-11-4-2-3-5-13(11)19-15/h2-10H,1H3,(H,20,21). The van der Waals surface area contributed by atoms with Gasteiger partial charge in [0.1, 0.15) is 5.69 Å². The highest BCUT2D eigenvalue weighted by atomic mass is 16.5. The minimum atomic E-state index is -0.369. The lowest BCUT2D eigenvalue weighted by atomic mass is 10.2. The molecular weight excluding hydrogens is 290 g/mol. The summed E-state index contributed by atoms with van der Waals surface area (Å²) in [5, 5.41) is 1.08. The first-order valence-electron chi connectivity index (χ1n) is 7.19. The van der Waals surface area contributed by atoms with Gasteiger partial charge in [-0.3, -0.25) is 0 Å². The number of benzene rings is 2. The molecule has 0 spiro atoms. The van der Waals surface area contributed by atoms with Crippen LogP contribution in [0.5, 0.6) is 0 Å². The number of ether oxygens (including phenoxy) is 1. The molecule has 5 heteroatoms. The Morgan fingerprint density at radius 1 is 1.00 bits per heavy atom. The first-order chi connectivity index (χ1) is 11.2. The van der Waals surface area contributed by atoms with E-state index in [-0.39, 0.29) is 5.97 Å². The van der Waals surface area contributed by atoms with Crippen molar-refractivity contribution in [1.29, 1.82) is 0 Å².